The van der Waals surface area contributed by atoms with Crippen LogP contribution in [0, 0.1) is 0 Å². The first-order valence-corrected chi connectivity index (χ1v) is 4.79. The molecule has 0 aromatic carbocycles. The van der Waals surface area contributed by atoms with Gasteiger partial charge in [-0.05, 0) is 24.4 Å². The lowest BCUT2D eigenvalue weighted by Gasteiger charge is -2.06. The standard InChI is InChI=1S/C6H12N6O2S2/c7-5(15)11-9-1-3(4(14)2-13)10-12-6(8)16/h1,4,13-14H,2H2,(H3,7,11,15)(H3,8,12,16)/b9-1-,10-3+. The van der Waals surface area contributed by atoms with Gasteiger partial charge in [0.05, 0.1) is 12.8 Å². The van der Waals surface area contributed by atoms with Gasteiger partial charge in [-0.25, -0.2) is 0 Å². The number of hydrogen-bond donors (Lipinski definition) is 6. The van der Waals surface area contributed by atoms with Crippen molar-refractivity contribution in [1.29, 1.82) is 0 Å². The van der Waals surface area contributed by atoms with Crippen LogP contribution in [0.15, 0.2) is 10.2 Å². The third kappa shape index (κ3) is 7.00. The predicted molar refractivity (Wildman–Crippen MR) is 68.9 cm³/mol. The quantitative estimate of drug-likeness (QED) is 0.180. The second-order valence-corrected chi connectivity index (χ2v) is 3.33. The zero-order chi connectivity index (χ0) is 12.6. The SMILES string of the molecule is NC(=S)N/N=C\C(=N/NC(N)=S)C(O)CO. The fraction of sp³-hybridized carbons (Fsp3) is 0.333. The summed E-state index contributed by atoms with van der Waals surface area (Å²) in [5.74, 6) is 0. The number of nitrogens with two attached hydrogens (primary N) is 2. The van der Waals surface area contributed by atoms with Gasteiger partial charge in [-0.1, -0.05) is 0 Å². The molecule has 0 amide bonds. The molecule has 0 aliphatic heterocycles. The maximum atomic E-state index is 9.31. The first-order valence-electron chi connectivity index (χ1n) is 3.97. The molecule has 0 saturated carbocycles. The number of hydrazone groups is 2. The minimum atomic E-state index is -1.22. The summed E-state index contributed by atoms with van der Waals surface area (Å²) in [5.41, 5.74) is 14.7. The van der Waals surface area contributed by atoms with Gasteiger partial charge in [0.2, 0.25) is 0 Å². The van der Waals surface area contributed by atoms with E-state index in [0.29, 0.717) is 0 Å². The Morgan fingerprint density at radius 3 is 2.31 bits per heavy atom. The van der Waals surface area contributed by atoms with Gasteiger partial charge in [-0.15, -0.1) is 0 Å². The molecule has 0 rings (SSSR count). The molecule has 90 valence electrons. The maximum Gasteiger partial charge on any atom is 0.184 e. The van der Waals surface area contributed by atoms with Gasteiger partial charge >= 0.3 is 0 Å². The van der Waals surface area contributed by atoms with Crippen LogP contribution in [-0.2, 0) is 0 Å². The van der Waals surface area contributed by atoms with E-state index in [1.807, 2.05) is 0 Å². The van der Waals surface area contributed by atoms with Crippen molar-refractivity contribution in [3.63, 3.8) is 0 Å². The average Bonchev–Trinajstić information content (AvgIpc) is 2.21. The highest BCUT2D eigenvalue weighted by Crippen LogP contribution is 1.85. The predicted octanol–water partition coefficient (Wildman–Crippen LogP) is -2.65. The van der Waals surface area contributed by atoms with Crippen molar-refractivity contribution in [3.05, 3.63) is 0 Å². The zero-order valence-electron chi connectivity index (χ0n) is 8.12. The van der Waals surface area contributed by atoms with Crippen molar-refractivity contribution in [2.75, 3.05) is 6.61 Å². The molecule has 0 bridgehead atoms. The van der Waals surface area contributed by atoms with E-state index in [4.69, 9.17) is 16.6 Å². The summed E-state index contributed by atoms with van der Waals surface area (Å²) < 4.78 is 0. The Balaban J connectivity index is 4.54. The Bertz CT molecular complexity index is 318. The minimum Gasteiger partial charge on any atom is -0.393 e. The summed E-state index contributed by atoms with van der Waals surface area (Å²) in [6.45, 7) is -0.531. The molecule has 0 spiro atoms. The third-order valence-electron chi connectivity index (χ3n) is 1.18. The van der Waals surface area contributed by atoms with Crippen molar-refractivity contribution in [2.24, 2.45) is 21.7 Å². The molecule has 10 heteroatoms. The number of nitrogens with one attached hydrogen (secondary N) is 2. The van der Waals surface area contributed by atoms with Crippen molar-refractivity contribution < 1.29 is 10.2 Å². The van der Waals surface area contributed by atoms with Crippen LogP contribution in [0.25, 0.3) is 0 Å². The largest absolute Gasteiger partial charge is 0.393 e. The molecular weight excluding hydrogens is 252 g/mol. The van der Waals surface area contributed by atoms with Crippen LogP contribution in [-0.4, -0.2) is 45.1 Å². The molecule has 0 fully saturated rings. The number of rotatable bonds is 5. The molecule has 0 heterocycles. The Morgan fingerprint density at radius 2 is 1.88 bits per heavy atom. The molecule has 0 radical (unpaired) electrons. The topological polar surface area (TPSA) is 141 Å². The number of thiocarbonyl (C=S) groups is 2. The third-order valence-corrected chi connectivity index (χ3v) is 1.36. The van der Waals surface area contributed by atoms with Gasteiger partial charge in [0.25, 0.3) is 0 Å². The van der Waals surface area contributed by atoms with E-state index in [2.05, 4.69) is 45.5 Å². The lowest BCUT2D eigenvalue weighted by Crippen LogP contribution is -2.33. The molecule has 8 nitrogen and oxygen atoms in total. The van der Waals surface area contributed by atoms with Crippen LogP contribution in [0.5, 0.6) is 0 Å². The van der Waals surface area contributed by atoms with Crippen molar-refractivity contribution in [1.82, 2.24) is 10.9 Å². The van der Waals surface area contributed by atoms with E-state index in [1.54, 1.807) is 0 Å². The normalized spacial score (nSPS) is 13.5. The summed E-state index contributed by atoms with van der Waals surface area (Å²) in [6, 6.07) is 0. The van der Waals surface area contributed by atoms with E-state index in [9.17, 15) is 5.11 Å². The van der Waals surface area contributed by atoms with Gasteiger partial charge in [0, 0.05) is 0 Å². The molecule has 0 aromatic rings. The Kier molecular flexibility index (Phi) is 7.20. The Labute approximate surface area is 102 Å². The lowest BCUT2D eigenvalue weighted by molar-refractivity contribution is 0.146. The average molecular weight is 264 g/mol. The minimum absolute atomic E-state index is 0.0130. The molecule has 0 aliphatic rings. The number of hydrogen-bond acceptors (Lipinski definition) is 6. The van der Waals surface area contributed by atoms with Crippen LogP contribution < -0.4 is 22.3 Å². The summed E-state index contributed by atoms with van der Waals surface area (Å²) in [5, 5.41) is 25.1. The molecule has 8 N–H and O–H groups in total. The van der Waals surface area contributed by atoms with Gasteiger partial charge in [-0.3, -0.25) is 10.9 Å². The molecule has 1 atom stereocenters. The van der Waals surface area contributed by atoms with E-state index >= 15 is 0 Å². The second kappa shape index (κ2) is 7.87. The molecule has 0 saturated heterocycles. The summed E-state index contributed by atoms with van der Waals surface area (Å²) in [6.07, 6.45) is -0.107. The van der Waals surface area contributed by atoms with Crippen molar-refractivity contribution >= 4 is 46.6 Å². The monoisotopic (exact) mass is 264 g/mol. The number of aliphatic hydroxyl groups excluding tert-OH is 2. The van der Waals surface area contributed by atoms with E-state index in [0.717, 1.165) is 6.21 Å². The van der Waals surface area contributed by atoms with Gasteiger partial charge in [0.1, 0.15) is 11.8 Å². The highest BCUT2D eigenvalue weighted by molar-refractivity contribution is 7.80. The fourth-order valence-electron chi connectivity index (χ4n) is 0.565. The highest BCUT2D eigenvalue weighted by atomic mass is 32.1. The summed E-state index contributed by atoms with van der Waals surface area (Å²) >= 11 is 9.00. The fourth-order valence-corrected chi connectivity index (χ4v) is 0.663. The van der Waals surface area contributed by atoms with Crippen LogP contribution in [0.4, 0.5) is 0 Å². The van der Waals surface area contributed by atoms with E-state index in [-0.39, 0.29) is 15.9 Å². The molecule has 16 heavy (non-hydrogen) atoms. The van der Waals surface area contributed by atoms with E-state index < -0.39 is 12.7 Å². The van der Waals surface area contributed by atoms with Crippen LogP contribution in [0.3, 0.4) is 0 Å². The van der Waals surface area contributed by atoms with Crippen LogP contribution >= 0.6 is 24.4 Å². The summed E-state index contributed by atoms with van der Waals surface area (Å²) in [4.78, 5) is 0. The van der Waals surface area contributed by atoms with Crippen molar-refractivity contribution in [3.8, 4) is 0 Å². The molecular formula is C6H12N6O2S2. The number of nitrogens with zero attached hydrogens (tertiary/aromatic N) is 2. The van der Waals surface area contributed by atoms with Crippen LogP contribution in [0.2, 0.25) is 0 Å². The number of aliphatic hydroxyl groups is 2. The van der Waals surface area contributed by atoms with Crippen LogP contribution in [0.1, 0.15) is 0 Å². The molecule has 0 aliphatic carbocycles. The Morgan fingerprint density at radius 1 is 1.31 bits per heavy atom. The first-order chi connectivity index (χ1) is 7.47. The molecule has 0 aromatic heterocycles. The maximum absolute atomic E-state index is 9.31. The molecule has 1 unspecified atom stereocenters. The lowest BCUT2D eigenvalue weighted by atomic mass is 10.2. The first kappa shape index (κ1) is 14.6. The van der Waals surface area contributed by atoms with Gasteiger partial charge < -0.3 is 21.7 Å². The Hall–Kier alpha value is -1.36. The summed E-state index contributed by atoms with van der Waals surface area (Å²) in [7, 11) is 0. The van der Waals surface area contributed by atoms with Gasteiger partial charge in [0.15, 0.2) is 10.2 Å². The van der Waals surface area contributed by atoms with Crippen molar-refractivity contribution in [2.45, 2.75) is 6.10 Å². The highest BCUT2D eigenvalue weighted by Gasteiger charge is 2.09. The van der Waals surface area contributed by atoms with Gasteiger partial charge in [-0.2, -0.15) is 10.2 Å². The smallest absolute Gasteiger partial charge is 0.184 e. The van der Waals surface area contributed by atoms with E-state index in [1.165, 1.54) is 0 Å². The zero-order valence-corrected chi connectivity index (χ0v) is 9.75. The second-order valence-electron chi connectivity index (χ2n) is 2.45.